The second-order valence-electron chi connectivity index (χ2n) is 14.0. The number of hydrogen-bond donors (Lipinski definition) is 4. The predicted octanol–water partition coefficient (Wildman–Crippen LogP) is 7.11. The molecule has 4 N–H and O–H groups in total. The second-order valence-corrected chi connectivity index (χ2v) is 18.8. The van der Waals surface area contributed by atoms with Crippen molar-refractivity contribution in [1.82, 2.24) is 10.6 Å². The molecule has 0 spiro atoms. The largest absolute Gasteiger partial charge is 0.506 e. The first-order chi connectivity index (χ1) is 20.5. The molecule has 0 saturated carbocycles. The molecular weight excluding hydrogens is 566 g/mol. The van der Waals surface area contributed by atoms with Crippen LogP contribution in [-0.2, 0) is 33.4 Å². The second kappa shape index (κ2) is 14.5. The van der Waals surface area contributed by atoms with Gasteiger partial charge in [-0.1, -0.05) is 69.3 Å². The molecule has 1 atom stereocenters. The third-order valence-corrected chi connectivity index (χ3v) is 13.2. The monoisotopic (exact) mass is 617 g/mol. The number of amides is 2. The van der Waals surface area contributed by atoms with Crippen LogP contribution in [0.1, 0.15) is 74.1 Å². The van der Waals surface area contributed by atoms with E-state index in [1.165, 1.54) is 11.1 Å². The molecule has 0 aliphatic carbocycles. The van der Waals surface area contributed by atoms with E-state index in [-0.39, 0.29) is 28.3 Å². The van der Waals surface area contributed by atoms with E-state index in [1.54, 1.807) is 12.1 Å². The summed E-state index contributed by atoms with van der Waals surface area (Å²) in [5, 5.41) is 19.6. The van der Waals surface area contributed by atoms with Gasteiger partial charge in [0.1, 0.15) is 5.75 Å². The van der Waals surface area contributed by atoms with Crippen molar-refractivity contribution < 1.29 is 19.1 Å². The van der Waals surface area contributed by atoms with Crippen LogP contribution in [-0.4, -0.2) is 37.8 Å². The van der Waals surface area contributed by atoms with E-state index in [0.29, 0.717) is 31.6 Å². The van der Waals surface area contributed by atoms with Crippen molar-refractivity contribution in [3.8, 4) is 5.75 Å². The van der Waals surface area contributed by atoms with Crippen LogP contribution in [0.5, 0.6) is 5.75 Å². The number of nitrogens with one attached hydrogen (secondary N) is 3. The summed E-state index contributed by atoms with van der Waals surface area (Å²) in [7, 11) is -2.16. The lowest BCUT2D eigenvalue weighted by Gasteiger charge is -2.40. The Morgan fingerprint density at radius 1 is 0.932 bits per heavy atom. The molecule has 3 aromatic rings. The standard InChI is InChI=1S/C36H51N3O4Si/c1-25-13-14-29(17-26(25)2)22-37-34(42)19-27-11-10-12-28(18-27)21-36(6,7)39-23-33(43-44(8,9)35(3,4)5)30-15-16-32(41)31(20-30)38-24-40/h10-18,20,24,33,39,41H,19,21-23H2,1-9H3,(H,37,42)(H,38,40)/t33-/m1/s1. The van der Waals surface area contributed by atoms with Crippen molar-refractivity contribution >= 4 is 26.3 Å². The fraction of sp³-hybridized carbons (Fsp3) is 0.444. The van der Waals surface area contributed by atoms with Crippen LogP contribution in [0.3, 0.4) is 0 Å². The van der Waals surface area contributed by atoms with Crippen LogP contribution in [0.4, 0.5) is 5.69 Å². The Balaban J connectivity index is 1.69. The highest BCUT2D eigenvalue weighted by molar-refractivity contribution is 6.74. The number of rotatable bonds is 14. The van der Waals surface area contributed by atoms with Gasteiger partial charge in [0, 0.05) is 18.6 Å². The van der Waals surface area contributed by atoms with E-state index >= 15 is 0 Å². The highest BCUT2D eigenvalue weighted by Crippen LogP contribution is 2.40. The summed E-state index contributed by atoms with van der Waals surface area (Å²) >= 11 is 0. The molecule has 0 saturated heterocycles. The Bertz CT molecular complexity index is 1450. The molecule has 8 heteroatoms. The highest BCUT2D eigenvalue weighted by atomic mass is 28.4. The van der Waals surface area contributed by atoms with Crippen molar-refractivity contribution in [1.29, 1.82) is 0 Å². The lowest BCUT2D eigenvalue weighted by molar-refractivity contribution is -0.120. The minimum Gasteiger partial charge on any atom is -0.506 e. The summed E-state index contributed by atoms with van der Waals surface area (Å²) in [6.45, 7) is 20.6. The summed E-state index contributed by atoms with van der Waals surface area (Å²) in [5.74, 6) is 0.0137. The van der Waals surface area contributed by atoms with Crippen molar-refractivity contribution in [2.75, 3.05) is 11.9 Å². The van der Waals surface area contributed by atoms with Gasteiger partial charge in [-0.3, -0.25) is 9.59 Å². The van der Waals surface area contributed by atoms with Gasteiger partial charge in [0.2, 0.25) is 12.3 Å². The highest BCUT2D eigenvalue weighted by Gasteiger charge is 2.40. The zero-order valence-electron chi connectivity index (χ0n) is 27.9. The number of anilines is 1. The average Bonchev–Trinajstić information content (AvgIpc) is 2.92. The van der Waals surface area contributed by atoms with Crippen LogP contribution in [0.15, 0.2) is 60.7 Å². The van der Waals surface area contributed by atoms with Crippen LogP contribution in [0.2, 0.25) is 18.1 Å². The Morgan fingerprint density at radius 2 is 1.64 bits per heavy atom. The van der Waals surface area contributed by atoms with Crippen molar-refractivity contribution in [3.05, 3.63) is 94.0 Å². The molecule has 0 aromatic heterocycles. The molecule has 0 fully saturated rings. The maximum atomic E-state index is 12.7. The lowest BCUT2D eigenvalue weighted by Crippen LogP contribution is -2.47. The van der Waals surface area contributed by atoms with Crippen LogP contribution >= 0.6 is 0 Å². The normalized spacial score (nSPS) is 12.9. The lowest BCUT2D eigenvalue weighted by atomic mass is 9.93. The van der Waals surface area contributed by atoms with Crippen molar-refractivity contribution in [3.63, 3.8) is 0 Å². The Kier molecular flexibility index (Phi) is 11.6. The molecule has 238 valence electrons. The van der Waals surface area contributed by atoms with Gasteiger partial charge in [-0.15, -0.1) is 0 Å². The van der Waals surface area contributed by atoms with Gasteiger partial charge in [-0.05, 0) is 97.8 Å². The number of phenols is 1. The number of carbonyl (C=O) groups excluding carboxylic acids is 2. The quantitative estimate of drug-likeness (QED) is 0.0878. The first kappa shape index (κ1) is 35.0. The number of aryl methyl sites for hydroxylation is 2. The number of carbonyl (C=O) groups is 2. The zero-order valence-corrected chi connectivity index (χ0v) is 28.9. The fourth-order valence-corrected chi connectivity index (χ4v) is 6.13. The molecule has 0 heterocycles. The number of phenolic OH excluding ortho intramolecular Hbond substituents is 1. The number of hydrogen-bond acceptors (Lipinski definition) is 5. The van der Waals surface area contributed by atoms with Crippen LogP contribution in [0.25, 0.3) is 0 Å². The smallest absolute Gasteiger partial charge is 0.224 e. The Morgan fingerprint density at radius 3 is 2.30 bits per heavy atom. The summed E-state index contributed by atoms with van der Waals surface area (Å²) in [4.78, 5) is 23.9. The van der Waals surface area contributed by atoms with Crippen molar-refractivity contribution in [2.45, 2.75) is 97.6 Å². The van der Waals surface area contributed by atoms with E-state index in [2.05, 4.69) is 108 Å². The number of aromatic hydroxyl groups is 1. The third-order valence-electron chi connectivity index (χ3n) is 8.68. The average molecular weight is 618 g/mol. The van der Waals surface area contributed by atoms with Crippen LogP contribution in [0, 0.1) is 13.8 Å². The van der Waals surface area contributed by atoms with Gasteiger partial charge >= 0.3 is 0 Å². The van der Waals surface area contributed by atoms with Gasteiger partial charge in [0.05, 0.1) is 18.2 Å². The Hall–Kier alpha value is -3.46. The maximum Gasteiger partial charge on any atom is 0.224 e. The zero-order chi connectivity index (χ0) is 32.7. The molecule has 0 aliphatic heterocycles. The topological polar surface area (TPSA) is 99.7 Å². The molecular formula is C36H51N3O4Si. The SMILES string of the molecule is Cc1ccc(CNC(=O)Cc2cccc(CC(C)(C)NC[C@@H](O[Si](C)(C)C(C)(C)C)c3ccc(O)c(NC=O)c3)c2)cc1C. The minimum absolute atomic E-state index is 0.000666. The molecule has 7 nitrogen and oxygen atoms in total. The van der Waals surface area contributed by atoms with Gasteiger partial charge in [-0.2, -0.15) is 0 Å². The van der Waals surface area contributed by atoms with E-state index < -0.39 is 8.32 Å². The van der Waals surface area contributed by atoms with E-state index in [1.807, 2.05) is 18.2 Å². The molecule has 0 aliphatic rings. The van der Waals surface area contributed by atoms with E-state index in [0.717, 1.165) is 28.7 Å². The molecule has 0 unspecified atom stereocenters. The summed E-state index contributed by atoms with van der Waals surface area (Å²) < 4.78 is 6.87. The first-order valence-electron chi connectivity index (χ1n) is 15.4. The first-order valence-corrected chi connectivity index (χ1v) is 18.3. The minimum atomic E-state index is -2.16. The molecule has 2 amide bonds. The predicted molar refractivity (Wildman–Crippen MR) is 183 cm³/mol. The van der Waals surface area contributed by atoms with Crippen LogP contribution < -0.4 is 16.0 Å². The van der Waals surface area contributed by atoms with Gasteiger partial charge in [-0.25, -0.2) is 0 Å². The summed E-state index contributed by atoms with van der Waals surface area (Å²) in [6.07, 6.45) is 1.36. The van der Waals surface area contributed by atoms with E-state index in [9.17, 15) is 14.7 Å². The molecule has 0 radical (unpaired) electrons. The maximum absolute atomic E-state index is 12.7. The van der Waals surface area contributed by atoms with E-state index in [4.69, 9.17) is 4.43 Å². The molecule has 0 bridgehead atoms. The molecule has 44 heavy (non-hydrogen) atoms. The number of benzene rings is 3. The third kappa shape index (κ3) is 10.0. The molecule has 3 aromatic carbocycles. The summed E-state index contributed by atoms with van der Waals surface area (Å²) in [6, 6.07) is 19.7. The van der Waals surface area contributed by atoms with Gasteiger partial charge in [0.25, 0.3) is 0 Å². The summed E-state index contributed by atoms with van der Waals surface area (Å²) in [5.41, 5.74) is 6.66. The van der Waals surface area contributed by atoms with Gasteiger partial charge < -0.3 is 25.5 Å². The fourth-order valence-electron chi connectivity index (χ4n) is 4.85. The molecule has 3 rings (SSSR count). The van der Waals surface area contributed by atoms with Crippen molar-refractivity contribution in [2.24, 2.45) is 0 Å². The van der Waals surface area contributed by atoms with Gasteiger partial charge in [0.15, 0.2) is 8.32 Å². The Labute approximate surface area is 264 Å².